The van der Waals surface area contributed by atoms with E-state index in [2.05, 4.69) is 11.8 Å². The van der Waals surface area contributed by atoms with E-state index in [0.29, 0.717) is 6.54 Å². The topological polar surface area (TPSA) is 29.3 Å². The van der Waals surface area contributed by atoms with Gasteiger partial charge in [-0.05, 0) is 43.5 Å². The third kappa shape index (κ3) is 3.55. The molecule has 1 atom stereocenters. The van der Waals surface area contributed by atoms with E-state index in [1.165, 1.54) is 25.3 Å². The minimum Gasteiger partial charge on any atom is -0.329 e. The zero-order chi connectivity index (χ0) is 14.5. The van der Waals surface area contributed by atoms with Crippen LogP contribution in [0.5, 0.6) is 0 Å². The Kier molecular flexibility index (Phi) is 5.49. The Labute approximate surface area is 120 Å². The van der Waals surface area contributed by atoms with Crippen LogP contribution in [-0.4, -0.2) is 24.5 Å². The molecule has 1 heterocycles. The van der Waals surface area contributed by atoms with Gasteiger partial charge in [0.2, 0.25) is 0 Å². The Morgan fingerprint density at radius 3 is 2.45 bits per heavy atom. The molecule has 0 spiro atoms. The first-order valence-corrected chi connectivity index (χ1v) is 7.47. The van der Waals surface area contributed by atoms with Crippen LogP contribution in [0.4, 0.5) is 8.78 Å². The van der Waals surface area contributed by atoms with Crippen molar-refractivity contribution in [3.8, 4) is 0 Å². The molecule has 1 unspecified atom stereocenters. The molecule has 0 amide bonds. The van der Waals surface area contributed by atoms with Gasteiger partial charge < -0.3 is 5.73 Å². The molecular weight excluding hydrogens is 258 g/mol. The maximum atomic E-state index is 12.8. The normalized spacial score (nSPS) is 19.4. The Balaban J connectivity index is 2.10. The van der Waals surface area contributed by atoms with Crippen LogP contribution in [0.2, 0.25) is 0 Å². The third-order valence-electron chi connectivity index (χ3n) is 4.44. The molecule has 1 aromatic rings. The quantitative estimate of drug-likeness (QED) is 0.891. The van der Waals surface area contributed by atoms with E-state index < -0.39 is 6.43 Å². The second-order valence-electron chi connectivity index (χ2n) is 5.61. The van der Waals surface area contributed by atoms with Crippen molar-refractivity contribution in [1.29, 1.82) is 0 Å². The predicted molar refractivity (Wildman–Crippen MR) is 77.8 cm³/mol. The van der Waals surface area contributed by atoms with Gasteiger partial charge in [-0.15, -0.1) is 0 Å². The van der Waals surface area contributed by atoms with Crippen molar-refractivity contribution in [1.82, 2.24) is 4.90 Å². The SMILES string of the molecule is CCC1CCN(C(CN)c2cccc(C(F)F)c2)CC1. The first-order chi connectivity index (χ1) is 9.65. The van der Waals surface area contributed by atoms with Crippen molar-refractivity contribution in [2.45, 2.75) is 38.7 Å². The van der Waals surface area contributed by atoms with Gasteiger partial charge >= 0.3 is 0 Å². The van der Waals surface area contributed by atoms with E-state index >= 15 is 0 Å². The highest BCUT2D eigenvalue weighted by Gasteiger charge is 2.25. The van der Waals surface area contributed by atoms with Crippen LogP contribution < -0.4 is 5.73 Å². The largest absolute Gasteiger partial charge is 0.329 e. The van der Waals surface area contributed by atoms with Crippen LogP contribution in [0.1, 0.15) is 49.8 Å². The summed E-state index contributed by atoms with van der Waals surface area (Å²) in [5.74, 6) is 0.803. The lowest BCUT2D eigenvalue weighted by Crippen LogP contribution is -2.39. The van der Waals surface area contributed by atoms with Gasteiger partial charge in [0.05, 0.1) is 0 Å². The van der Waals surface area contributed by atoms with Gasteiger partial charge in [0.15, 0.2) is 0 Å². The molecule has 2 rings (SSSR count). The zero-order valence-electron chi connectivity index (χ0n) is 12.1. The Morgan fingerprint density at radius 2 is 1.90 bits per heavy atom. The molecule has 1 aliphatic rings. The number of likely N-dealkylation sites (tertiary alicyclic amines) is 1. The number of nitrogens with zero attached hydrogens (tertiary/aromatic N) is 1. The van der Waals surface area contributed by atoms with Crippen LogP contribution in [0.15, 0.2) is 24.3 Å². The Bertz CT molecular complexity index is 415. The average Bonchev–Trinajstić information content (AvgIpc) is 2.49. The molecule has 20 heavy (non-hydrogen) atoms. The van der Waals surface area contributed by atoms with Crippen LogP contribution in [0.25, 0.3) is 0 Å². The number of nitrogens with two attached hydrogens (primary N) is 1. The number of halogens is 2. The summed E-state index contributed by atoms with van der Waals surface area (Å²) in [5, 5.41) is 0. The highest BCUT2D eigenvalue weighted by Crippen LogP contribution is 2.29. The highest BCUT2D eigenvalue weighted by molar-refractivity contribution is 5.27. The number of hydrogen-bond acceptors (Lipinski definition) is 2. The summed E-state index contributed by atoms with van der Waals surface area (Å²) in [7, 11) is 0. The lowest BCUT2D eigenvalue weighted by molar-refractivity contribution is 0.132. The molecule has 112 valence electrons. The van der Waals surface area contributed by atoms with Crippen molar-refractivity contribution >= 4 is 0 Å². The standard InChI is InChI=1S/C16H24F2N2/c1-2-12-6-8-20(9-7-12)15(11-19)13-4-3-5-14(10-13)16(17)18/h3-5,10,12,15-16H,2,6-9,11,19H2,1H3. The summed E-state index contributed by atoms with van der Waals surface area (Å²) in [5.41, 5.74) is 6.90. The average molecular weight is 282 g/mol. The first-order valence-electron chi connectivity index (χ1n) is 7.47. The monoisotopic (exact) mass is 282 g/mol. The summed E-state index contributed by atoms with van der Waals surface area (Å²) in [6, 6.07) is 6.76. The molecule has 2 N–H and O–H groups in total. The number of piperidine rings is 1. The van der Waals surface area contributed by atoms with Crippen LogP contribution in [0, 0.1) is 5.92 Å². The second-order valence-corrected chi connectivity index (χ2v) is 5.61. The number of benzene rings is 1. The first kappa shape index (κ1) is 15.4. The van der Waals surface area contributed by atoms with Gasteiger partial charge in [0.1, 0.15) is 0 Å². The summed E-state index contributed by atoms with van der Waals surface area (Å²) in [6.07, 6.45) is 1.17. The fourth-order valence-electron chi connectivity index (χ4n) is 3.07. The number of alkyl halides is 2. The molecule has 4 heteroatoms. The van der Waals surface area contributed by atoms with Gasteiger partial charge in [-0.1, -0.05) is 31.5 Å². The molecule has 1 aromatic carbocycles. The fourth-order valence-corrected chi connectivity index (χ4v) is 3.07. The minimum absolute atomic E-state index is 0.0616. The zero-order valence-corrected chi connectivity index (χ0v) is 12.1. The van der Waals surface area contributed by atoms with Crippen LogP contribution in [-0.2, 0) is 0 Å². The predicted octanol–water partition coefficient (Wildman–Crippen LogP) is 3.75. The van der Waals surface area contributed by atoms with Crippen molar-refractivity contribution in [2.24, 2.45) is 11.7 Å². The second kappa shape index (κ2) is 7.14. The van der Waals surface area contributed by atoms with Crippen molar-refractivity contribution < 1.29 is 8.78 Å². The van der Waals surface area contributed by atoms with Gasteiger partial charge in [0.25, 0.3) is 6.43 Å². The maximum absolute atomic E-state index is 12.8. The smallest absolute Gasteiger partial charge is 0.263 e. The Morgan fingerprint density at radius 1 is 1.25 bits per heavy atom. The minimum atomic E-state index is -2.42. The molecule has 0 radical (unpaired) electrons. The third-order valence-corrected chi connectivity index (χ3v) is 4.44. The lowest BCUT2D eigenvalue weighted by atomic mass is 9.92. The highest BCUT2D eigenvalue weighted by atomic mass is 19.3. The van der Waals surface area contributed by atoms with Crippen molar-refractivity contribution in [3.05, 3.63) is 35.4 Å². The lowest BCUT2D eigenvalue weighted by Gasteiger charge is -2.37. The molecular formula is C16H24F2N2. The molecule has 0 saturated carbocycles. The van der Waals surface area contributed by atoms with Crippen LogP contribution in [0.3, 0.4) is 0 Å². The van der Waals surface area contributed by atoms with Crippen molar-refractivity contribution in [2.75, 3.05) is 19.6 Å². The number of rotatable bonds is 5. The summed E-state index contributed by atoms with van der Waals surface area (Å²) in [4.78, 5) is 2.34. The van der Waals surface area contributed by atoms with E-state index in [1.807, 2.05) is 6.07 Å². The molecule has 2 nitrogen and oxygen atoms in total. The van der Waals surface area contributed by atoms with E-state index in [9.17, 15) is 8.78 Å². The van der Waals surface area contributed by atoms with Gasteiger partial charge in [-0.3, -0.25) is 4.90 Å². The molecule has 0 aromatic heterocycles. The fraction of sp³-hybridized carbons (Fsp3) is 0.625. The van der Waals surface area contributed by atoms with E-state index in [4.69, 9.17) is 5.73 Å². The molecule has 1 aliphatic heterocycles. The number of hydrogen-bond donors (Lipinski definition) is 1. The van der Waals surface area contributed by atoms with E-state index in [0.717, 1.165) is 24.6 Å². The van der Waals surface area contributed by atoms with E-state index in [-0.39, 0.29) is 11.6 Å². The van der Waals surface area contributed by atoms with Gasteiger partial charge in [-0.2, -0.15) is 0 Å². The van der Waals surface area contributed by atoms with Crippen molar-refractivity contribution in [3.63, 3.8) is 0 Å². The molecule has 0 bridgehead atoms. The maximum Gasteiger partial charge on any atom is 0.263 e. The molecule has 0 aliphatic carbocycles. The Hall–Kier alpha value is -1.00. The summed E-state index contributed by atoms with van der Waals surface area (Å²) >= 11 is 0. The molecule has 1 fully saturated rings. The van der Waals surface area contributed by atoms with Gasteiger partial charge in [0, 0.05) is 18.2 Å². The van der Waals surface area contributed by atoms with Gasteiger partial charge in [-0.25, -0.2) is 8.78 Å². The summed E-state index contributed by atoms with van der Waals surface area (Å²) < 4.78 is 25.6. The van der Waals surface area contributed by atoms with E-state index in [1.54, 1.807) is 12.1 Å². The van der Waals surface area contributed by atoms with Crippen LogP contribution >= 0.6 is 0 Å². The summed E-state index contributed by atoms with van der Waals surface area (Å²) in [6.45, 7) is 4.73. The molecule has 1 saturated heterocycles.